The molecule has 0 aromatic heterocycles. The first-order chi connectivity index (χ1) is 5.77. The Bertz CT molecular complexity index is 265. The summed E-state index contributed by atoms with van der Waals surface area (Å²) < 4.78 is 5.27. The third kappa shape index (κ3) is 0.950. The lowest BCUT2D eigenvalue weighted by Gasteiger charge is -2.28. The van der Waals surface area contributed by atoms with Crippen LogP contribution in [0.15, 0.2) is 24.3 Å². The van der Waals surface area contributed by atoms with Crippen LogP contribution in [-0.2, 0) is 9.53 Å². The lowest BCUT2D eigenvalue weighted by Crippen LogP contribution is -2.38. The molecule has 2 heteroatoms. The quantitative estimate of drug-likeness (QED) is 0.549. The molecule has 2 unspecified atom stereocenters. The van der Waals surface area contributed by atoms with Gasteiger partial charge in [0.2, 0.25) is 0 Å². The van der Waals surface area contributed by atoms with E-state index in [1.807, 2.05) is 12.2 Å². The highest BCUT2D eigenvalue weighted by Gasteiger charge is 2.38. The van der Waals surface area contributed by atoms with Crippen molar-refractivity contribution in [3.8, 4) is 0 Å². The first kappa shape index (κ1) is 7.74. The van der Waals surface area contributed by atoms with Gasteiger partial charge >= 0.3 is 0 Å². The van der Waals surface area contributed by atoms with Crippen LogP contribution in [0.5, 0.6) is 0 Å². The molecule has 2 atom stereocenters. The number of ketones is 1. The summed E-state index contributed by atoms with van der Waals surface area (Å²) in [5.41, 5.74) is -0.635. The van der Waals surface area contributed by atoms with E-state index in [1.54, 1.807) is 13.2 Å². The lowest BCUT2D eigenvalue weighted by atomic mass is 9.86. The molecule has 3 aliphatic rings. The fourth-order valence-corrected chi connectivity index (χ4v) is 1.83. The van der Waals surface area contributed by atoms with Gasteiger partial charge in [-0.3, -0.25) is 4.79 Å². The van der Waals surface area contributed by atoms with E-state index in [4.69, 9.17) is 4.74 Å². The third-order valence-electron chi connectivity index (χ3n) is 2.74. The van der Waals surface area contributed by atoms with Gasteiger partial charge in [-0.1, -0.05) is 12.2 Å². The summed E-state index contributed by atoms with van der Waals surface area (Å²) in [5.74, 6) is 0.529. The third-order valence-corrected chi connectivity index (χ3v) is 2.74. The standard InChI is InChI=1S/C10H12O2/c1-12-10-6-4-8(5-7-10)2-3-9(10)11/h2-4,6,8H,5,7H2,1H3. The molecule has 3 rings (SSSR count). The summed E-state index contributed by atoms with van der Waals surface area (Å²) in [6, 6.07) is 0. The maximum atomic E-state index is 11.6. The van der Waals surface area contributed by atoms with Gasteiger partial charge in [0.15, 0.2) is 5.78 Å². The summed E-state index contributed by atoms with van der Waals surface area (Å²) in [4.78, 5) is 11.6. The molecule has 0 fully saturated rings. The minimum atomic E-state index is -0.635. The Hall–Kier alpha value is -0.890. The highest BCUT2D eigenvalue weighted by molar-refractivity contribution is 5.99. The van der Waals surface area contributed by atoms with E-state index < -0.39 is 5.60 Å². The van der Waals surface area contributed by atoms with E-state index in [1.165, 1.54) is 0 Å². The number of methoxy groups -OCH3 is 1. The largest absolute Gasteiger partial charge is 0.366 e. The Morgan fingerprint density at radius 1 is 1.58 bits per heavy atom. The van der Waals surface area contributed by atoms with Gasteiger partial charge in [0.25, 0.3) is 0 Å². The molecule has 2 nitrogen and oxygen atoms in total. The molecule has 0 aromatic carbocycles. The van der Waals surface area contributed by atoms with Gasteiger partial charge in [-0.25, -0.2) is 0 Å². The molecule has 0 aromatic rings. The second-order valence-corrected chi connectivity index (χ2v) is 3.38. The number of ether oxygens (including phenoxy) is 1. The number of carbonyl (C=O) groups is 1. The maximum Gasteiger partial charge on any atom is 0.191 e. The molecule has 0 amide bonds. The van der Waals surface area contributed by atoms with Crippen LogP contribution in [0.25, 0.3) is 0 Å². The molecule has 0 saturated carbocycles. The van der Waals surface area contributed by atoms with Gasteiger partial charge in [0.05, 0.1) is 0 Å². The van der Waals surface area contributed by atoms with Crippen LogP contribution < -0.4 is 0 Å². The van der Waals surface area contributed by atoms with Gasteiger partial charge in [-0.2, -0.15) is 0 Å². The van der Waals surface area contributed by atoms with Crippen molar-refractivity contribution < 1.29 is 9.53 Å². The highest BCUT2D eigenvalue weighted by Crippen LogP contribution is 2.33. The molecule has 0 spiro atoms. The lowest BCUT2D eigenvalue weighted by molar-refractivity contribution is -0.131. The number of hydrogen-bond acceptors (Lipinski definition) is 2. The Labute approximate surface area is 71.9 Å². The summed E-state index contributed by atoms with van der Waals surface area (Å²) in [5, 5.41) is 0. The molecule has 64 valence electrons. The molecular weight excluding hydrogens is 152 g/mol. The van der Waals surface area contributed by atoms with Crippen LogP contribution in [-0.4, -0.2) is 18.5 Å². The van der Waals surface area contributed by atoms with Crippen LogP contribution in [0.3, 0.4) is 0 Å². The number of carbonyl (C=O) groups excluding carboxylic acids is 1. The van der Waals surface area contributed by atoms with Crippen LogP contribution in [0.1, 0.15) is 12.8 Å². The van der Waals surface area contributed by atoms with Crippen molar-refractivity contribution in [3.05, 3.63) is 24.3 Å². The van der Waals surface area contributed by atoms with Gasteiger partial charge in [0, 0.05) is 7.11 Å². The number of hydrogen-bond donors (Lipinski definition) is 0. The van der Waals surface area contributed by atoms with E-state index in [0.29, 0.717) is 5.92 Å². The molecule has 0 radical (unpaired) electrons. The number of fused-ring (bicyclic) bond motifs is 2. The van der Waals surface area contributed by atoms with Crippen LogP contribution in [0.4, 0.5) is 0 Å². The molecule has 0 N–H and O–H groups in total. The fraction of sp³-hybridized carbons (Fsp3) is 0.500. The fourth-order valence-electron chi connectivity index (χ4n) is 1.83. The monoisotopic (exact) mass is 164 g/mol. The van der Waals surface area contributed by atoms with Gasteiger partial charge < -0.3 is 4.74 Å². The first-order valence-corrected chi connectivity index (χ1v) is 4.24. The molecule has 3 aliphatic carbocycles. The van der Waals surface area contributed by atoms with E-state index in [9.17, 15) is 4.79 Å². The summed E-state index contributed by atoms with van der Waals surface area (Å²) in [6.07, 6.45) is 9.43. The zero-order valence-electron chi connectivity index (χ0n) is 7.12. The van der Waals surface area contributed by atoms with E-state index in [2.05, 4.69) is 6.08 Å². The van der Waals surface area contributed by atoms with Gasteiger partial charge in [0.1, 0.15) is 5.60 Å². The molecule has 12 heavy (non-hydrogen) atoms. The van der Waals surface area contributed by atoms with Crippen molar-refractivity contribution in [3.63, 3.8) is 0 Å². The molecule has 0 aliphatic heterocycles. The SMILES string of the molecule is COC12C=CC(C=CC1=O)CC2. The maximum absolute atomic E-state index is 11.6. The van der Waals surface area contributed by atoms with E-state index in [0.717, 1.165) is 12.8 Å². The Balaban J connectivity index is 2.43. The van der Waals surface area contributed by atoms with Crippen molar-refractivity contribution in [2.45, 2.75) is 18.4 Å². The predicted molar refractivity (Wildman–Crippen MR) is 45.8 cm³/mol. The minimum Gasteiger partial charge on any atom is -0.366 e. The topological polar surface area (TPSA) is 26.3 Å². The average molecular weight is 164 g/mol. The zero-order valence-corrected chi connectivity index (χ0v) is 7.12. The summed E-state index contributed by atoms with van der Waals surface area (Å²) >= 11 is 0. The molecule has 0 heterocycles. The zero-order chi connectivity index (χ0) is 8.60. The van der Waals surface area contributed by atoms with E-state index >= 15 is 0 Å². The summed E-state index contributed by atoms with van der Waals surface area (Å²) in [6.45, 7) is 0. The predicted octanol–water partition coefficient (Wildman–Crippen LogP) is 1.48. The minimum absolute atomic E-state index is 0.0845. The average Bonchev–Trinajstić information content (AvgIpc) is 2.37. The van der Waals surface area contributed by atoms with Gasteiger partial charge in [-0.05, 0) is 30.9 Å². The van der Waals surface area contributed by atoms with Crippen molar-refractivity contribution >= 4 is 5.78 Å². The molecular formula is C10H12O2. The van der Waals surface area contributed by atoms with Crippen molar-refractivity contribution in [1.29, 1.82) is 0 Å². The van der Waals surface area contributed by atoms with Crippen molar-refractivity contribution in [1.82, 2.24) is 0 Å². The Morgan fingerprint density at radius 2 is 2.42 bits per heavy atom. The number of allylic oxidation sites excluding steroid dienone is 2. The van der Waals surface area contributed by atoms with E-state index in [-0.39, 0.29) is 5.78 Å². The smallest absolute Gasteiger partial charge is 0.191 e. The molecule has 2 bridgehead atoms. The van der Waals surface area contributed by atoms with Crippen molar-refractivity contribution in [2.75, 3.05) is 7.11 Å². The Morgan fingerprint density at radius 3 is 3.00 bits per heavy atom. The Kier molecular flexibility index (Phi) is 1.65. The first-order valence-electron chi connectivity index (χ1n) is 4.24. The summed E-state index contributed by atoms with van der Waals surface area (Å²) in [7, 11) is 1.60. The second-order valence-electron chi connectivity index (χ2n) is 3.38. The van der Waals surface area contributed by atoms with Crippen molar-refractivity contribution in [2.24, 2.45) is 5.92 Å². The van der Waals surface area contributed by atoms with Crippen LogP contribution in [0, 0.1) is 5.92 Å². The normalized spacial score (nSPS) is 38.8. The van der Waals surface area contributed by atoms with Crippen LogP contribution >= 0.6 is 0 Å². The highest BCUT2D eigenvalue weighted by atomic mass is 16.5. The van der Waals surface area contributed by atoms with Gasteiger partial charge in [-0.15, -0.1) is 0 Å². The number of rotatable bonds is 1. The van der Waals surface area contributed by atoms with Crippen LogP contribution in [0.2, 0.25) is 0 Å². The second kappa shape index (κ2) is 2.56. The molecule has 0 saturated heterocycles.